The van der Waals surface area contributed by atoms with Crippen LogP contribution in [0, 0.1) is 0 Å². The lowest BCUT2D eigenvalue weighted by molar-refractivity contribution is 0.228. The summed E-state index contributed by atoms with van der Waals surface area (Å²) in [5.74, 6) is 0. The van der Waals surface area contributed by atoms with Crippen molar-refractivity contribution >= 4 is 11.3 Å². The Morgan fingerprint density at radius 1 is 1.60 bits per heavy atom. The first-order valence-electron chi connectivity index (χ1n) is 5.77. The molecule has 1 fully saturated rings. The summed E-state index contributed by atoms with van der Waals surface area (Å²) in [4.78, 5) is 2.42. The lowest BCUT2D eigenvalue weighted by Gasteiger charge is -2.30. The first-order chi connectivity index (χ1) is 7.34. The molecular formula is C12H20N2S. The Kier molecular flexibility index (Phi) is 4.18. The quantitative estimate of drug-likeness (QED) is 0.841. The second kappa shape index (κ2) is 5.64. The molecule has 0 aromatic carbocycles. The van der Waals surface area contributed by atoms with Gasteiger partial charge in [-0.3, -0.25) is 0 Å². The average molecular weight is 224 g/mol. The van der Waals surface area contributed by atoms with Gasteiger partial charge in [-0.15, -0.1) is 0 Å². The van der Waals surface area contributed by atoms with Gasteiger partial charge in [0, 0.05) is 12.6 Å². The minimum absolute atomic E-state index is 0.711. The van der Waals surface area contributed by atoms with Gasteiger partial charge in [-0.05, 0) is 61.8 Å². The molecule has 1 aliphatic rings. The molecule has 0 saturated carbocycles. The maximum atomic E-state index is 3.65. The van der Waals surface area contributed by atoms with Gasteiger partial charge in [0.05, 0.1) is 0 Å². The molecule has 84 valence electrons. The molecule has 1 atom stereocenters. The van der Waals surface area contributed by atoms with E-state index in [0.717, 1.165) is 6.54 Å². The molecule has 2 nitrogen and oxygen atoms in total. The second-order valence-electron chi connectivity index (χ2n) is 4.44. The summed E-state index contributed by atoms with van der Waals surface area (Å²) in [5.41, 5.74) is 1.47. The second-order valence-corrected chi connectivity index (χ2v) is 5.22. The summed E-state index contributed by atoms with van der Waals surface area (Å²) >= 11 is 1.79. The Morgan fingerprint density at radius 3 is 3.27 bits per heavy atom. The van der Waals surface area contributed by atoms with Crippen LogP contribution < -0.4 is 5.32 Å². The van der Waals surface area contributed by atoms with E-state index in [9.17, 15) is 0 Å². The Hall–Kier alpha value is -0.380. The standard InChI is InChI=1S/C12H20N2S/c1-14-7-2-3-12(9-14)13-6-4-11-5-8-15-10-11/h5,8,10,12-13H,2-4,6-7,9H2,1H3. The van der Waals surface area contributed by atoms with Gasteiger partial charge in [0.1, 0.15) is 0 Å². The minimum atomic E-state index is 0.711. The van der Waals surface area contributed by atoms with Crippen LogP contribution in [0.1, 0.15) is 18.4 Å². The van der Waals surface area contributed by atoms with Crippen LogP contribution in [0.25, 0.3) is 0 Å². The van der Waals surface area contributed by atoms with Crippen LogP contribution in [-0.2, 0) is 6.42 Å². The number of nitrogens with zero attached hydrogens (tertiary/aromatic N) is 1. The van der Waals surface area contributed by atoms with Gasteiger partial charge in [-0.25, -0.2) is 0 Å². The predicted molar refractivity (Wildman–Crippen MR) is 66.5 cm³/mol. The zero-order valence-corrected chi connectivity index (χ0v) is 10.2. The number of hydrogen-bond donors (Lipinski definition) is 1. The molecule has 2 heterocycles. The highest BCUT2D eigenvalue weighted by atomic mass is 32.1. The highest BCUT2D eigenvalue weighted by Crippen LogP contribution is 2.09. The van der Waals surface area contributed by atoms with Gasteiger partial charge in [-0.1, -0.05) is 0 Å². The van der Waals surface area contributed by atoms with Gasteiger partial charge in [0.25, 0.3) is 0 Å². The Morgan fingerprint density at radius 2 is 2.53 bits per heavy atom. The van der Waals surface area contributed by atoms with Crippen molar-refractivity contribution in [3.63, 3.8) is 0 Å². The van der Waals surface area contributed by atoms with E-state index in [2.05, 4.69) is 34.1 Å². The largest absolute Gasteiger partial charge is 0.312 e. The average Bonchev–Trinajstić information content (AvgIpc) is 2.71. The molecule has 0 spiro atoms. The van der Waals surface area contributed by atoms with E-state index >= 15 is 0 Å². The van der Waals surface area contributed by atoms with Crippen molar-refractivity contribution < 1.29 is 0 Å². The molecular weight excluding hydrogens is 204 g/mol. The molecule has 1 aromatic heterocycles. The van der Waals surface area contributed by atoms with Gasteiger partial charge in [0.2, 0.25) is 0 Å². The monoisotopic (exact) mass is 224 g/mol. The van der Waals surface area contributed by atoms with E-state index in [0.29, 0.717) is 6.04 Å². The van der Waals surface area contributed by atoms with Crippen molar-refractivity contribution in [1.29, 1.82) is 0 Å². The topological polar surface area (TPSA) is 15.3 Å². The van der Waals surface area contributed by atoms with Crippen molar-refractivity contribution in [2.75, 3.05) is 26.7 Å². The van der Waals surface area contributed by atoms with Crippen molar-refractivity contribution in [1.82, 2.24) is 10.2 Å². The van der Waals surface area contributed by atoms with E-state index in [1.807, 2.05) is 0 Å². The molecule has 1 aromatic rings. The molecule has 0 amide bonds. The zero-order valence-electron chi connectivity index (χ0n) is 9.41. The third-order valence-electron chi connectivity index (χ3n) is 3.05. The molecule has 1 unspecified atom stereocenters. The zero-order chi connectivity index (χ0) is 10.5. The van der Waals surface area contributed by atoms with Gasteiger partial charge < -0.3 is 10.2 Å². The molecule has 0 aliphatic carbocycles. The number of piperidine rings is 1. The lowest BCUT2D eigenvalue weighted by atomic mass is 10.1. The van der Waals surface area contributed by atoms with Crippen molar-refractivity contribution in [2.24, 2.45) is 0 Å². The van der Waals surface area contributed by atoms with E-state index < -0.39 is 0 Å². The predicted octanol–water partition coefficient (Wildman–Crippen LogP) is 1.97. The number of thiophene rings is 1. The maximum Gasteiger partial charge on any atom is 0.0195 e. The van der Waals surface area contributed by atoms with Crippen LogP contribution >= 0.6 is 11.3 Å². The maximum absolute atomic E-state index is 3.65. The van der Waals surface area contributed by atoms with Crippen LogP contribution in [0.5, 0.6) is 0 Å². The van der Waals surface area contributed by atoms with Gasteiger partial charge >= 0.3 is 0 Å². The number of likely N-dealkylation sites (tertiary alicyclic amines) is 1. The van der Waals surface area contributed by atoms with Crippen LogP contribution in [0.15, 0.2) is 16.8 Å². The first-order valence-corrected chi connectivity index (χ1v) is 6.72. The molecule has 1 saturated heterocycles. The fourth-order valence-corrected chi connectivity index (χ4v) is 2.89. The van der Waals surface area contributed by atoms with Crippen LogP contribution in [0.2, 0.25) is 0 Å². The molecule has 1 N–H and O–H groups in total. The summed E-state index contributed by atoms with van der Waals surface area (Å²) in [7, 11) is 2.21. The first kappa shape index (κ1) is 11.1. The fourth-order valence-electron chi connectivity index (χ4n) is 2.19. The van der Waals surface area contributed by atoms with Crippen molar-refractivity contribution in [3.05, 3.63) is 22.4 Å². The number of nitrogens with one attached hydrogen (secondary N) is 1. The molecule has 3 heteroatoms. The Balaban J connectivity index is 1.65. The third-order valence-corrected chi connectivity index (χ3v) is 3.78. The highest BCUT2D eigenvalue weighted by molar-refractivity contribution is 7.07. The normalized spacial score (nSPS) is 23.1. The van der Waals surface area contributed by atoms with E-state index in [4.69, 9.17) is 0 Å². The van der Waals surface area contributed by atoms with E-state index in [1.165, 1.54) is 37.9 Å². The lowest BCUT2D eigenvalue weighted by Crippen LogP contribution is -2.44. The molecule has 0 bridgehead atoms. The third kappa shape index (κ3) is 3.59. The van der Waals surface area contributed by atoms with Crippen LogP contribution in [0.4, 0.5) is 0 Å². The van der Waals surface area contributed by atoms with E-state index in [-0.39, 0.29) is 0 Å². The number of likely N-dealkylation sites (N-methyl/N-ethyl adjacent to an activating group) is 1. The summed E-state index contributed by atoms with van der Waals surface area (Å²) in [6, 6.07) is 2.93. The molecule has 2 rings (SSSR count). The van der Waals surface area contributed by atoms with Crippen LogP contribution in [0.3, 0.4) is 0 Å². The van der Waals surface area contributed by atoms with E-state index in [1.54, 1.807) is 11.3 Å². The summed E-state index contributed by atoms with van der Waals surface area (Å²) < 4.78 is 0. The Labute approximate surface area is 96.3 Å². The van der Waals surface area contributed by atoms with Crippen molar-refractivity contribution in [3.8, 4) is 0 Å². The summed E-state index contributed by atoms with van der Waals surface area (Å²) in [5, 5.41) is 8.05. The highest BCUT2D eigenvalue weighted by Gasteiger charge is 2.15. The van der Waals surface area contributed by atoms with Gasteiger partial charge in [0.15, 0.2) is 0 Å². The SMILES string of the molecule is CN1CCCC(NCCc2ccsc2)C1. The van der Waals surface area contributed by atoms with Crippen LogP contribution in [-0.4, -0.2) is 37.6 Å². The number of hydrogen-bond acceptors (Lipinski definition) is 3. The fraction of sp³-hybridized carbons (Fsp3) is 0.667. The molecule has 15 heavy (non-hydrogen) atoms. The smallest absolute Gasteiger partial charge is 0.0195 e. The Bertz CT molecular complexity index is 271. The number of rotatable bonds is 4. The molecule has 1 aliphatic heterocycles. The van der Waals surface area contributed by atoms with Crippen molar-refractivity contribution in [2.45, 2.75) is 25.3 Å². The summed E-state index contributed by atoms with van der Waals surface area (Å²) in [6.07, 6.45) is 3.85. The molecule has 0 radical (unpaired) electrons. The summed E-state index contributed by atoms with van der Waals surface area (Å²) in [6.45, 7) is 3.60. The van der Waals surface area contributed by atoms with Gasteiger partial charge in [-0.2, -0.15) is 11.3 Å². The minimum Gasteiger partial charge on any atom is -0.312 e.